The summed E-state index contributed by atoms with van der Waals surface area (Å²) in [6, 6.07) is 34.3. The molecule has 4 aromatic rings. The van der Waals surface area contributed by atoms with Gasteiger partial charge in [-0.1, -0.05) is 0 Å². The van der Waals surface area contributed by atoms with Crippen LogP contribution in [-0.4, -0.2) is 8.07 Å². The molecule has 3 aliphatic rings. The van der Waals surface area contributed by atoms with Gasteiger partial charge in [-0.25, -0.2) is 0 Å². The van der Waals surface area contributed by atoms with Gasteiger partial charge in [0.1, 0.15) is 0 Å². The Balaban J connectivity index is 1.45. The van der Waals surface area contributed by atoms with E-state index in [0.29, 0.717) is 19.1 Å². The van der Waals surface area contributed by atoms with E-state index in [-0.39, 0.29) is 0 Å². The van der Waals surface area contributed by atoms with Crippen molar-refractivity contribution in [1.29, 1.82) is 0 Å². The van der Waals surface area contributed by atoms with Gasteiger partial charge in [0, 0.05) is 0 Å². The zero-order chi connectivity index (χ0) is 35.2. The van der Waals surface area contributed by atoms with Crippen LogP contribution in [-0.2, 0) is 23.2 Å². The molecule has 1 aliphatic heterocycles. The molecule has 0 saturated carbocycles. The number of rotatable bonds is 12. The standard InChI is InChI=1S/C48H58Si.Zr/c1-9-13-17-41-31-39-19-15-21-43(37-27-23-35(24-28-37)33(5)11-3)45(39)47(41)49(7,8)48-42(18-14-10-2)32-40-20-16-22-44(46(40)48)38-29-25-36(26-30-38)34(6)12-4;/h15-16,19-34H,9-14,17-18H2,1-8H3;. The first-order valence-corrected chi connectivity index (χ1v) is 25.8. The van der Waals surface area contributed by atoms with Crippen LogP contribution < -0.4 is 0 Å². The van der Waals surface area contributed by atoms with E-state index in [1.54, 1.807) is 22.3 Å². The molecule has 0 fully saturated rings. The van der Waals surface area contributed by atoms with Gasteiger partial charge < -0.3 is 0 Å². The van der Waals surface area contributed by atoms with Gasteiger partial charge in [-0.3, -0.25) is 0 Å². The Morgan fingerprint density at radius 3 is 1.32 bits per heavy atom. The van der Waals surface area contributed by atoms with Gasteiger partial charge in [0.25, 0.3) is 0 Å². The number of fused-ring (bicyclic) bond motifs is 8. The Morgan fingerprint density at radius 1 is 0.560 bits per heavy atom. The molecule has 7 rings (SSSR count). The molecule has 0 N–H and O–H groups in total. The van der Waals surface area contributed by atoms with Gasteiger partial charge in [0.05, 0.1) is 0 Å². The van der Waals surface area contributed by atoms with E-state index in [2.05, 4.69) is 140 Å². The van der Waals surface area contributed by atoms with Crippen LogP contribution in [0.25, 0.3) is 32.6 Å². The van der Waals surface area contributed by atoms with Crippen LogP contribution in [0.4, 0.5) is 0 Å². The number of hydrogen-bond donors (Lipinski definition) is 0. The third kappa shape index (κ3) is 6.09. The van der Waals surface area contributed by atoms with Crippen molar-refractivity contribution in [3.8, 4) is 22.3 Å². The van der Waals surface area contributed by atoms with Crippen molar-refractivity contribution in [3.63, 3.8) is 0 Å². The molecule has 4 bridgehead atoms. The molecule has 0 spiro atoms. The zero-order valence-corrected chi connectivity index (χ0v) is 35.5. The monoisotopic (exact) mass is 752 g/mol. The fraction of sp³-hybridized carbons (Fsp3) is 0.417. The molecule has 2 heteroatoms. The summed E-state index contributed by atoms with van der Waals surface area (Å²) in [5, 5.41) is 3.65. The van der Waals surface area contributed by atoms with Crippen LogP contribution in [0.2, 0.25) is 13.1 Å². The van der Waals surface area contributed by atoms with Crippen molar-refractivity contribution >= 4 is 18.5 Å². The molecule has 1 heterocycles. The third-order valence-electron chi connectivity index (χ3n) is 12.6. The molecule has 0 amide bonds. The molecule has 2 aliphatic carbocycles. The Labute approximate surface area is 316 Å². The molecule has 50 heavy (non-hydrogen) atoms. The zero-order valence-electron chi connectivity index (χ0n) is 32.0. The summed E-state index contributed by atoms with van der Waals surface area (Å²) in [4.78, 5) is 0. The Hall–Kier alpha value is -2.54. The summed E-state index contributed by atoms with van der Waals surface area (Å²) in [7, 11) is -2.19. The van der Waals surface area contributed by atoms with E-state index in [9.17, 15) is 0 Å². The molecule has 4 aromatic carbocycles. The van der Waals surface area contributed by atoms with E-state index in [0.717, 1.165) is 0 Å². The molecule has 0 radical (unpaired) electrons. The SMILES string of the molecule is CCCCC1=C2c3c(-c4ccc(C(C)CC)cc4)cccc3[CH]1[Zr][CH]1C(CCCC)=C(c3c(-c4ccc(C(C)CC)cc4)cccc31)[Si]2(C)C. The molecular weight excluding hydrogens is 696 g/mol. The van der Waals surface area contributed by atoms with Gasteiger partial charge in [-0.05, 0) is 0 Å². The first kappa shape index (κ1) is 35.8. The van der Waals surface area contributed by atoms with Crippen molar-refractivity contribution in [2.24, 2.45) is 0 Å². The Bertz CT molecular complexity index is 1780. The molecule has 258 valence electrons. The van der Waals surface area contributed by atoms with E-state index < -0.39 is 31.3 Å². The fourth-order valence-corrected chi connectivity index (χ4v) is 19.7. The maximum atomic E-state index is 2.76. The van der Waals surface area contributed by atoms with Crippen molar-refractivity contribution < 1.29 is 23.2 Å². The van der Waals surface area contributed by atoms with Crippen molar-refractivity contribution in [1.82, 2.24) is 0 Å². The van der Waals surface area contributed by atoms with Crippen LogP contribution >= 0.6 is 0 Å². The average molecular weight is 754 g/mol. The van der Waals surface area contributed by atoms with Gasteiger partial charge in [-0.15, -0.1) is 0 Å². The molecule has 0 nitrogen and oxygen atoms in total. The summed E-state index contributed by atoms with van der Waals surface area (Å²) in [5.74, 6) is 1.20. The number of unbranched alkanes of at least 4 members (excludes halogenated alkanes) is 2. The maximum absolute atomic E-state index is 2.76. The summed E-state index contributed by atoms with van der Waals surface area (Å²) in [5.41, 5.74) is 19.2. The summed E-state index contributed by atoms with van der Waals surface area (Å²) in [6.07, 6.45) is 10.1. The second-order valence-electron chi connectivity index (χ2n) is 16.1. The van der Waals surface area contributed by atoms with Gasteiger partial charge >= 0.3 is 319 Å². The first-order valence-electron chi connectivity index (χ1n) is 19.9. The van der Waals surface area contributed by atoms with Crippen molar-refractivity contribution in [2.45, 2.75) is 125 Å². The number of allylic oxidation sites excluding steroid dienone is 2. The Kier molecular flexibility index (Phi) is 10.6. The van der Waals surface area contributed by atoms with Gasteiger partial charge in [-0.2, -0.15) is 0 Å². The van der Waals surface area contributed by atoms with Crippen LogP contribution in [0.5, 0.6) is 0 Å². The molecule has 4 atom stereocenters. The number of hydrogen-bond acceptors (Lipinski definition) is 0. The van der Waals surface area contributed by atoms with Crippen LogP contribution in [0.3, 0.4) is 0 Å². The summed E-state index contributed by atoms with van der Waals surface area (Å²) >= 11 is -0.981. The fourth-order valence-electron chi connectivity index (χ4n) is 9.47. The Morgan fingerprint density at radius 2 is 0.960 bits per heavy atom. The molecule has 0 aromatic heterocycles. The summed E-state index contributed by atoms with van der Waals surface area (Å²) < 4.78 is 1.35. The second kappa shape index (κ2) is 14.8. The molecule has 0 saturated heterocycles. The van der Waals surface area contributed by atoms with E-state index in [1.165, 1.54) is 84.7 Å². The van der Waals surface area contributed by atoms with Gasteiger partial charge in [0.2, 0.25) is 0 Å². The van der Waals surface area contributed by atoms with Crippen LogP contribution in [0.15, 0.2) is 96.1 Å². The van der Waals surface area contributed by atoms with Gasteiger partial charge in [0.15, 0.2) is 0 Å². The topological polar surface area (TPSA) is 0 Å². The van der Waals surface area contributed by atoms with E-state index >= 15 is 0 Å². The number of benzene rings is 4. The predicted octanol–water partition coefficient (Wildman–Crippen LogP) is 14.6. The summed E-state index contributed by atoms with van der Waals surface area (Å²) in [6.45, 7) is 19.6. The van der Waals surface area contributed by atoms with E-state index in [4.69, 9.17) is 0 Å². The molecule has 4 unspecified atom stereocenters. The third-order valence-corrected chi connectivity index (χ3v) is 21.2. The van der Waals surface area contributed by atoms with Crippen LogP contribution in [0.1, 0.15) is 145 Å². The average Bonchev–Trinajstić information content (AvgIpc) is 3.66. The normalized spacial score (nSPS) is 19.8. The predicted molar refractivity (Wildman–Crippen MR) is 217 cm³/mol. The second-order valence-corrected chi connectivity index (χ2v) is 24.0. The van der Waals surface area contributed by atoms with Crippen molar-refractivity contribution in [3.05, 3.63) is 129 Å². The minimum absolute atomic E-state index is 0.600. The van der Waals surface area contributed by atoms with E-state index in [1.807, 2.05) is 21.5 Å². The van der Waals surface area contributed by atoms with Crippen molar-refractivity contribution in [2.75, 3.05) is 0 Å². The quantitative estimate of drug-likeness (QED) is 0.126. The molecular formula is C48H58SiZr. The first-order chi connectivity index (χ1) is 24.2. The van der Waals surface area contributed by atoms with Crippen LogP contribution in [0, 0.1) is 0 Å². The minimum atomic E-state index is -2.19.